The third-order valence-electron chi connectivity index (χ3n) is 3.63. The van der Waals surface area contributed by atoms with E-state index in [-0.39, 0.29) is 11.9 Å². The van der Waals surface area contributed by atoms with Crippen LogP contribution in [0.3, 0.4) is 0 Å². The van der Waals surface area contributed by atoms with Crippen LogP contribution >= 0.6 is 0 Å². The summed E-state index contributed by atoms with van der Waals surface area (Å²) >= 11 is 0. The standard InChI is InChI=1S/C15H22N2O2/c1-11(13-3-5-14(19-2)6-4-13)17-15(18)9-12-7-8-16-10-12/h3-6,11-12,16H,7-10H2,1-2H3,(H,17,18). The average molecular weight is 262 g/mol. The number of nitrogens with one attached hydrogen (secondary N) is 2. The molecule has 1 aliphatic rings. The molecule has 0 bridgehead atoms. The maximum Gasteiger partial charge on any atom is 0.220 e. The Hall–Kier alpha value is -1.55. The second-order valence-electron chi connectivity index (χ2n) is 5.13. The highest BCUT2D eigenvalue weighted by atomic mass is 16.5. The normalized spacial score (nSPS) is 20.0. The smallest absolute Gasteiger partial charge is 0.220 e. The zero-order valence-corrected chi connectivity index (χ0v) is 11.6. The molecule has 1 aliphatic heterocycles. The van der Waals surface area contributed by atoms with Gasteiger partial charge in [-0.3, -0.25) is 4.79 Å². The largest absolute Gasteiger partial charge is 0.497 e. The van der Waals surface area contributed by atoms with Crippen molar-refractivity contribution in [3.63, 3.8) is 0 Å². The molecule has 104 valence electrons. The Balaban J connectivity index is 1.84. The van der Waals surface area contributed by atoms with E-state index in [1.807, 2.05) is 31.2 Å². The Morgan fingerprint density at radius 3 is 2.79 bits per heavy atom. The van der Waals surface area contributed by atoms with Crippen molar-refractivity contribution in [1.82, 2.24) is 10.6 Å². The fraction of sp³-hybridized carbons (Fsp3) is 0.533. The van der Waals surface area contributed by atoms with Crippen molar-refractivity contribution in [3.05, 3.63) is 29.8 Å². The fourth-order valence-corrected chi connectivity index (χ4v) is 2.43. The average Bonchev–Trinajstić information content (AvgIpc) is 2.91. The van der Waals surface area contributed by atoms with Gasteiger partial charge in [-0.1, -0.05) is 12.1 Å². The summed E-state index contributed by atoms with van der Waals surface area (Å²) in [5, 5.41) is 6.33. The maximum absolute atomic E-state index is 11.9. The molecule has 1 fully saturated rings. The van der Waals surface area contributed by atoms with E-state index in [0.29, 0.717) is 12.3 Å². The predicted molar refractivity (Wildman–Crippen MR) is 75.1 cm³/mol. The molecule has 1 heterocycles. The van der Waals surface area contributed by atoms with Gasteiger partial charge in [-0.15, -0.1) is 0 Å². The lowest BCUT2D eigenvalue weighted by atomic mass is 10.0. The highest BCUT2D eigenvalue weighted by Gasteiger charge is 2.19. The van der Waals surface area contributed by atoms with Crippen molar-refractivity contribution in [2.75, 3.05) is 20.2 Å². The van der Waals surface area contributed by atoms with Gasteiger partial charge >= 0.3 is 0 Å². The molecular formula is C15H22N2O2. The van der Waals surface area contributed by atoms with Crippen molar-refractivity contribution in [3.8, 4) is 5.75 Å². The van der Waals surface area contributed by atoms with E-state index >= 15 is 0 Å². The Labute approximate surface area is 114 Å². The number of ether oxygens (including phenoxy) is 1. The van der Waals surface area contributed by atoms with Crippen molar-refractivity contribution in [1.29, 1.82) is 0 Å². The van der Waals surface area contributed by atoms with Gasteiger partial charge in [-0.25, -0.2) is 0 Å². The quantitative estimate of drug-likeness (QED) is 0.851. The first-order chi connectivity index (χ1) is 9.19. The molecule has 0 spiro atoms. The molecule has 2 atom stereocenters. The van der Waals surface area contributed by atoms with E-state index in [2.05, 4.69) is 10.6 Å². The van der Waals surface area contributed by atoms with Crippen LogP contribution in [0.2, 0.25) is 0 Å². The molecule has 1 saturated heterocycles. The molecule has 4 heteroatoms. The molecule has 0 saturated carbocycles. The molecular weight excluding hydrogens is 240 g/mol. The lowest BCUT2D eigenvalue weighted by Gasteiger charge is -2.16. The predicted octanol–water partition coefficient (Wildman–Crippen LogP) is 1.87. The van der Waals surface area contributed by atoms with Crippen LogP contribution in [0.4, 0.5) is 0 Å². The van der Waals surface area contributed by atoms with E-state index in [9.17, 15) is 4.79 Å². The van der Waals surface area contributed by atoms with Crippen LogP contribution < -0.4 is 15.4 Å². The Morgan fingerprint density at radius 1 is 1.47 bits per heavy atom. The number of carbonyl (C=O) groups excluding carboxylic acids is 1. The first kappa shape index (κ1) is 13.9. The molecule has 1 aromatic rings. The molecule has 2 N–H and O–H groups in total. The van der Waals surface area contributed by atoms with Gasteiger partial charge in [0.05, 0.1) is 13.2 Å². The Morgan fingerprint density at radius 2 is 2.21 bits per heavy atom. The lowest BCUT2D eigenvalue weighted by molar-refractivity contribution is -0.122. The topological polar surface area (TPSA) is 50.4 Å². The van der Waals surface area contributed by atoms with Crippen molar-refractivity contribution < 1.29 is 9.53 Å². The zero-order valence-electron chi connectivity index (χ0n) is 11.6. The van der Waals surface area contributed by atoms with Crippen LogP contribution in [0.15, 0.2) is 24.3 Å². The first-order valence-corrected chi connectivity index (χ1v) is 6.83. The van der Waals surface area contributed by atoms with Crippen LogP contribution in [0, 0.1) is 5.92 Å². The summed E-state index contributed by atoms with van der Waals surface area (Å²) in [6, 6.07) is 7.84. The number of hydrogen-bond acceptors (Lipinski definition) is 3. The van der Waals surface area contributed by atoms with Gasteiger partial charge < -0.3 is 15.4 Å². The third-order valence-corrected chi connectivity index (χ3v) is 3.63. The van der Waals surface area contributed by atoms with Crippen LogP contribution in [0.25, 0.3) is 0 Å². The van der Waals surface area contributed by atoms with Gasteiger partial charge in [0, 0.05) is 6.42 Å². The molecule has 0 aromatic heterocycles. The van der Waals surface area contributed by atoms with E-state index < -0.39 is 0 Å². The summed E-state index contributed by atoms with van der Waals surface area (Å²) in [6.45, 7) is 4.00. The van der Waals surface area contributed by atoms with Crippen LogP contribution in [-0.4, -0.2) is 26.1 Å². The number of benzene rings is 1. The number of methoxy groups -OCH3 is 1. The lowest BCUT2D eigenvalue weighted by Crippen LogP contribution is -2.28. The summed E-state index contributed by atoms with van der Waals surface area (Å²) in [7, 11) is 1.65. The number of hydrogen-bond donors (Lipinski definition) is 2. The van der Waals surface area contributed by atoms with Gasteiger partial charge in [-0.05, 0) is 50.0 Å². The minimum absolute atomic E-state index is 0.0350. The Kier molecular flexibility index (Phi) is 4.80. The zero-order chi connectivity index (χ0) is 13.7. The minimum Gasteiger partial charge on any atom is -0.497 e. The molecule has 4 nitrogen and oxygen atoms in total. The second kappa shape index (κ2) is 6.57. The fourth-order valence-electron chi connectivity index (χ4n) is 2.43. The molecule has 2 rings (SSSR count). The number of carbonyl (C=O) groups is 1. The Bertz CT molecular complexity index is 411. The molecule has 19 heavy (non-hydrogen) atoms. The van der Waals surface area contributed by atoms with E-state index in [1.54, 1.807) is 7.11 Å². The highest BCUT2D eigenvalue weighted by Crippen LogP contribution is 2.18. The SMILES string of the molecule is COc1ccc(C(C)NC(=O)CC2CCNC2)cc1. The van der Waals surface area contributed by atoms with Crippen LogP contribution in [0.1, 0.15) is 31.4 Å². The van der Waals surface area contributed by atoms with Crippen LogP contribution in [-0.2, 0) is 4.79 Å². The maximum atomic E-state index is 11.9. The van der Waals surface area contributed by atoms with Gasteiger partial charge in [-0.2, -0.15) is 0 Å². The third kappa shape index (κ3) is 3.96. The van der Waals surface area contributed by atoms with E-state index in [4.69, 9.17) is 4.74 Å². The summed E-state index contributed by atoms with van der Waals surface area (Å²) in [5.41, 5.74) is 1.10. The van der Waals surface area contributed by atoms with Crippen molar-refractivity contribution in [2.24, 2.45) is 5.92 Å². The molecule has 2 unspecified atom stereocenters. The minimum atomic E-state index is 0.0350. The molecule has 0 radical (unpaired) electrons. The summed E-state index contributed by atoms with van der Waals surface area (Å²) in [4.78, 5) is 11.9. The summed E-state index contributed by atoms with van der Waals surface area (Å²) < 4.78 is 5.12. The highest BCUT2D eigenvalue weighted by molar-refractivity contribution is 5.76. The van der Waals surface area contributed by atoms with Gasteiger partial charge in [0.1, 0.15) is 5.75 Å². The summed E-state index contributed by atoms with van der Waals surface area (Å²) in [6.07, 6.45) is 1.72. The van der Waals surface area contributed by atoms with Gasteiger partial charge in [0.15, 0.2) is 0 Å². The second-order valence-corrected chi connectivity index (χ2v) is 5.13. The first-order valence-electron chi connectivity index (χ1n) is 6.83. The number of rotatable bonds is 5. The van der Waals surface area contributed by atoms with Gasteiger partial charge in [0.2, 0.25) is 5.91 Å². The molecule has 0 aliphatic carbocycles. The number of amides is 1. The van der Waals surface area contributed by atoms with E-state index in [0.717, 1.165) is 30.8 Å². The van der Waals surface area contributed by atoms with Crippen molar-refractivity contribution in [2.45, 2.75) is 25.8 Å². The van der Waals surface area contributed by atoms with Crippen LogP contribution in [0.5, 0.6) is 5.75 Å². The van der Waals surface area contributed by atoms with Gasteiger partial charge in [0.25, 0.3) is 0 Å². The monoisotopic (exact) mass is 262 g/mol. The molecule has 1 aromatic carbocycles. The van der Waals surface area contributed by atoms with Crippen molar-refractivity contribution >= 4 is 5.91 Å². The molecule has 1 amide bonds. The summed E-state index contributed by atoms with van der Waals surface area (Å²) in [5.74, 6) is 1.46. The van der Waals surface area contributed by atoms with E-state index in [1.165, 1.54) is 0 Å².